The van der Waals surface area contributed by atoms with E-state index in [1.54, 1.807) is 62.6 Å². The van der Waals surface area contributed by atoms with Crippen LogP contribution in [-0.2, 0) is 4.79 Å². The number of methoxy groups -OCH3 is 2. The zero-order chi connectivity index (χ0) is 25.7. The van der Waals surface area contributed by atoms with E-state index >= 15 is 0 Å². The van der Waals surface area contributed by atoms with E-state index in [0.717, 1.165) is 11.8 Å². The Hall–Kier alpha value is -4.32. The third-order valence-electron chi connectivity index (χ3n) is 4.98. The maximum atomic E-state index is 13.4. The fourth-order valence-electron chi connectivity index (χ4n) is 3.32. The molecule has 186 valence electrons. The highest BCUT2D eigenvalue weighted by Gasteiger charge is 2.32. The van der Waals surface area contributed by atoms with Crippen molar-refractivity contribution < 1.29 is 28.7 Å². The second-order valence-electron chi connectivity index (χ2n) is 7.58. The molecule has 2 heterocycles. The van der Waals surface area contributed by atoms with Gasteiger partial charge in [0.15, 0.2) is 16.7 Å². The standard InChI is InChI=1S/C24H24N6O5S/c1-28(2)29-14-21(35-27-29)26-20(31)15-36-24-25-18(23(32)30(24)17-10-6-5-7-11-17)13-16-9-8-12-19(33-3)22(16)34-4/h5-14H,15H2,1-4H3/b18-13+. The fraction of sp³-hybridized carbons (Fsp3) is 0.208. The summed E-state index contributed by atoms with van der Waals surface area (Å²) in [4.78, 5) is 24.7. The van der Waals surface area contributed by atoms with Gasteiger partial charge in [0.05, 0.1) is 38.8 Å². The molecule has 1 aromatic heterocycles. The topological polar surface area (TPSA) is 120 Å². The molecule has 0 unspecified atom stereocenters. The molecule has 0 aliphatic carbocycles. The third-order valence-corrected chi connectivity index (χ3v) is 5.91. The molecular weight excluding hydrogens is 484 g/mol. The van der Waals surface area contributed by atoms with Crippen LogP contribution in [0.3, 0.4) is 0 Å². The molecular formula is C24H24N6O5S. The van der Waals surface area contributed by atoms with Gasteiger partial charge in [-0.2, -0.15) is 5.01 Å². The van der Waals surface area contributed by atoms with Gasteiger partial charge in [0.25, 0.3) is 12.1 Å². The molecule has 3 aromatic rings. The zero-order valence-corrected chi connectivity index (χ0v) is 20.9. The first-order valence-corrected chi connectivity index (χ1v) is 11.7. The Kier molecular flexibility index (Phi) is 7.54. The van der Waals surface area contributed by atoms with Gasteiger partial charge in [0, 0.05) is 11.3 Å². The predicted molar refractivity (Wildman–Crippen MR) is 135 cm³/mol. The molecule has 0 saturated carbocycles. The number of carbonyl (C=O) groups is 1. The number of carbonyl (C=O) groups excluding carboxylic acids is 1. The van der Waals surface area contributed by atoms with Crippen molar-refractivity contribution in [3.63, 3.8) is 0 Å². The Morgan fingerprint density at radius 1 is 1.19 bits per heavy atom. The first-order chi connectivity index (χ1) is 17.4. The van der Waals surface area contributed by atoms with Gasteiger partial charge in [-0.1, -0.05) is 42.1 Å². The summed E-state index contributed by atoms with van der Waals surface area (Å²) >= 11 is 1.10. The number of nitrogens with zero attached hydrogens (tertiary/aromatic N) is 6. The van der Waals surface area contributed by atoms with Crippen LogP contribution in [0.1, 0.15) is 5.56 Å². The van der Waals surface area contributed by atoms with Crippen molar-refractivity contribution in [2.24, 2.45) is 9.98 Å². The average Bonchev–Trinajstić information content (AvgIpc) is 3.47. The van der Waals surface area contributed by atoms with Crippen LogP contribution in [0.5, 0.6) is 11.5 Å². The lowest BCUT2D eigenvalue weighted by atomic mass is 10.1. The van der Waals surface area contributed by atoms with Gasteiger partial charge < -0.3 is 14.6 Å². The zero-order valence-electron chi connectivity index (χ0n) is 20.1. The number of aliphatic imine (C=N–C) groups is 2. The predicted octanol–water partition coefficient (Wildman–Crippen LogP) is 1.74. The molecule has 1 aliphatic rings. The largest absolute Gasteiger partial charge is 0.861 e. The number of thioether (sulfide) groups is 1. The highest BCUT2D eigenvalue weighted by atomic mass is 32.2. The SMILES string of the molecule is COc1cccc(/C=C2/N=C(SC/C([O-])=N\c3c[n+](N(C)C)no3)N(c3ccccc3)C2=O)c1OC. The lowest BCUT2D eigenvalue weighted by molar-refractivity contribution is -0.753. The minimum absolute atomic E-state index is 0.0616. The highest BCUT2D eigenvalue weighted by Crippen LogP contribution is 2.35. The van der Waals surface area contributed by atoms with Gasteiger partial charge in [-0.05, 0) is 30.2 Å². The fourth-order valence-corrected chi connectivity index (χ4v) is 4.12. The third kappa shape index (κ3) is 5.33. The summed E-state index contributed by atoms with van der Waals surface area (Å²) in [5, 5.41) is 18.3. The van der Waals surface area contributed by atoms with Crippen molar-refractivity contribution in [1.29, 1.82) is 0 Å². The van der Waals surface area contributed by atoms with Crippen LogP contribution in [0, 0.1) is 0 Å². The van der Waals surface area contributed by atoms with Crippen LogP contribution in [-0.4, -0.2) is 56.3 Å². The van der Waals surface area contributed by atoms with E-state index < -0.39 is 5.90 Å². The molecule has 36 heavy (non-hydrogen) atoms. The molecule has 0 bridgehead atoms. The molecule has 0 spiro atoms. The number of rotatable bonds is 8. The lowest BCUT2D eigenvalue weighted by Gasteiger charge is -2.18. The second-order valence-corrected chi connectivity index (χ2v) is 8.53. The Morgan fingerprint density at radius 3 is 2.64 bits per heavy atom. The smallest absolute Gasteiger partial charge is 0.324 e. The van der Waals surface area contributed by atoms with Gasteiger partial charge in [-0.15, -0.1) is 0 Å². The maximum Gasteiger partial charge on any atom is 0.324 e. The maximum absolute atomic E-state index is 13.4. The molecule has 1 aliphatic heterocycles. The van der Waals surface area contributed by atoms with Crippen molar-refractivity contribution in [3.05, 3.63) is 66.0 Å². The summed E-state index contributed by atoms with van der Waals surface area (Å²) in [6.07, 6.45) is 3.12. The van der Waals surface area contributed by atoms with Gasteiger partial charge in [-0.25, -0.2) is 9.98 Å². The number of ether oxygens (including phenoxy) is 2. The summed E-state index contributed by atoms with van der Waals surface area (Å²) in [6, 6.07) is 14.4. The molecule has 11 nitrogen and oxygen atoms in total. The van der Waals surface area contributed by atoms with Crippen LogP contribution >= 0.6 is 11.8 Å². The quantitative estimate of drug-likeness (QED) is 0.195. The number of amides is 1. The van der Waals surface area contributed by atoms with Crippen LogP contribution in [0.15, 0.2) is 74.9 Å². The minimum atomic E-state index is -0.461. The normalized spacial score (nSPS) is 14.8. The Morgan fingerprint density at radius 2 is 1.97 bits per heavy atom. The van der Waals surface area contributed by atoms with E-state index in [4.69, 9.17) is 14.0 Å². The number of para-hydroxylation sites is 2. The van der Waals surface area contributed by atoms with E-state index in [0.29, 0.717) is 27.9 Å². The molecule has 2 aromatic carbocycles. The van der Waals surface area contributed by atoms with Crippen LogP contribution < -0.4 is 29.3 Å². The molecule has 0 saturated heterocycles. The van der Waals surface area contributed by atoms with Gasteiger partial charge >= 0.3 is 5.88 Å². The summed E-state index contributed by atoms with van der Waals surface area (Å²) in [5.74, 6) is 0.236. The van der Waals surface area contributed by atoms with Crippen molar-refractivity contribution >= 4 is 46.4 Å². The van der Waals surface area contributed by atoms with Crippen LogP contribution in [0.2, 0.25) is 0 Å². The molecule has 0 N–H and O–H groups in total. The Balaban J connectivity index is 1.63. The highest BCUT2D eigenvalue weighted by molar-refractivity contribution is 8.14. The lowest BCUT2D eigenvalue weighted by Crippen LogP contribution is -2.53. The number of amidine groups is 1. The summed E-state index contributed by atoms with van der Waals surface area (Å²) < 4.78 is 15.9. The van der Waals surface area contributed by atoms with Crippen LogP contribution in [0.4, 0.5) is 11.6 Å². The molecule has 0 atom stereocenters. The Bertz CT molecular complexity index is 1340. The molecule has 1 amide bonds. The van der Waals surface area contributed by atoms with Gasteiger partial charge in [0.2, 0.25) is 5.27 Å². The molecule has 0 fully saturated rings. The monoisotopic (exact) mass is 508 g/mol. The second kappa shape index (κ2) is 11.0. The molecule has 4 rings (SSSR count). The van der Waals surface area contributed by atoms with E-state index in [1.165, 1.54) is 23.0 Å². The van der Waals surface area contributed by atoms with Gasteiger partial charge in [-0.3, -0.25) is 14.2 Å². The summed E-state index contributed by atoms with van der Waals surface area (Å²) in [5.41, 5.74) is 1.45. The number of hydrogen-bond donors (Lipinski definition) is 0. The number of aromatic nitrogens is 2. The molecule has 12 heteroatoms. The summed E-state index contributed by atoms with van der Waals surface area (Å²) in [6.45, 7) is 0. The first kappa shape index (κ1) is 24.8. The average molecular weight is 509 g/mol. The van der Waals surface area contributed by atoms with Crippen molar-refractivity contribution in [3.8, 4) is 11.5 Å². The van der Waals surface area contributed by atoms with Crippen molar-refractivity contribution in [2.45, 2.75) is 0 Å². The van der Waals surface area contributed by atoms with Crippen molar-refractivity contribution in [2.75, 3.05) is 44.0 Å². The molecule has 0 radical (unpaired) electrons. The number of anilines is 1. The van der Waals surface area contributed by atoms with Crippen LogP contribution in [0.25, 0.3) is 6.08 Å². The van der Waals surface area contributed by atoms with E-state index in [-0.39, 0.29) is 23.2 Å². The first-order valence-electron chi connectivity index (χ1n) is 10.8. The van der Waals surface area contributed by atoms with Crippen molar-refractivity contribution in [1.82, 2.24) is 5.27 Å². The Labute approximate surface area is 211 Å². The number of hydrogen-bond acceptors (Lipinski definition) is 10. The van der Waals surface area contributed by atoms with Gasteiger partial charge in [0.1, 0.15) is 5.70 Å². The van der Waals surface area contributed by atoms with E-state index in [9.17, 15) is 9.90 Å². The summed E-state index contributed by atoms with van der Waals surface area (Å²) in [7, 11) is 6.61. The minimum Gasteiger partial charge on any atom is -0.861 e. The number of benzene rings is 2. The van der Waals surface area contributed by atoms with E-state index in [2.05, 4.69) is 15.3 Å². The van der Waals surface area contributed by atoms with E-state index in [1.807, 2.05) is 18.2 Å².